The van der Waals surface area contributed by atoms with Gasteiger partial charge in [-0.05, 0) is 34.9 Å². The van der Waals surface area contributed by atoms with Crippen molar-refractivity contribution in [3.8, 4) is 5.75 Å². The Bertz CT molecular complexity index is 2310. The molecule has 7 aromatic rings. The van der Waals surface area contributed by atoms with Gasteiger partial charge in [-0.25, -0.2) is 14.2 Å². The van der Waals surface area contributed by atoms with Crippen molar-refractivity contribution < 1.29 is 24.2 Å². The molecule has 13 nitrogen and oxygen atoms in total. The first-order valence-corrected chi connectivity index (χ1v) is 16.6. The molecule has 0 fully saturated rings. The van der Waals surface area contributed by atoms with Crippen LogP contribution in [0.4, 0.5) is 0 Å². The molecule has 7 rings (SSSR count). The molecule has 0 unspecified atom stereocenters. The van der Waals surface area contributed by atoms with E-state index in [0.29, 0.717) is 47.7 Å². The van der Waals surface area contributed by atoms with E-state index < -0.39 is 23.7 Å². The molecule has 2 N–H and O–H groups in total. The summed E-state index contributed by atoms with van der Waals surface area (Å²) < 4.78 is 11.2. The highest BCUT2D eigenvalue weighted by molar-refractivity contribution is 6.45. The summed E-state index contributed by atoms with van der Waals surface area (Å²) in [6, 6.07) is 32.6. The number of para-hydroxylation sites is 1. The summed E-state index contributed by atoms with van der Waals surface area (Å²) in [5, 5.41) is 29.8. The number of amides is 1. The summed E-state index contributed by atoms with van der Waals surface area (Å²) >= 11 is 0. The van der Waals surface area contributed by atoms with Gasteiger partial charge in [-0.2, -0.15) is 0 Å². The summed E-state index contributed by atoms with van der Waals surface area (Å²) in [6.45, 7) is 1.68. The second kappa shape index (κ2) is 15.3. The second-order valence-corrected chi connectivity index (χ2v) is 12.3. The predicted octanol–water partition coefficient (Wildman–Crippen LogP) is 4.54. The Morgan fingerprint density at radius 1 is 0.673 bits per heavy atom. The van der Waals surface area contributed by atoms with Crippen LogP contribution in [0, 0.1) is 0 Å². The van der Waals surface area contributed by atoms with E-state index in [2.05, 4.69) is 25.9 Å². The topological polar surface area (TPSA) is 159 Å². The molecule has 0 saturated carbocycles. The first-order valence-electron chi connectivity index (χ1n) is 16.6. The van der Waals surface area contributed by atoms with Crippen molar-refractivity contribution in [2.45, 2.75) is 38.7 Å². The molecule has 13 heteroatoms. The summed E-state index contributed by atoms with van der Waals surface area (Å²) in [4.78, 5) is 38.9. The van der Waals surface area contributed by atoms with Gasteiger partial charge in [0, 0.05) is 23.5 Å². The fourth-order valence-corrected chi connectivity index (χ4v) is 5.91. The number of hydrogen-bond donors (Lipinski definition) is 2. The minimum absolute atomic E-state index is 0.0388. The lowest BCUT2D eigenvalue weighted by Gasteiger charge is -2.14. The van der Waals surface area contributed by atoms with Crippen molar-refractivity contribution in [3.63, 3.8) is 0 Å². The van der Waals surface area contributed by atoms with Gasteiger partial charge in [0.1, 0.15) is 29.8 Å². The lowest BCUT2D eigenvalue weighted by Crippen LogP contribution is -2.45. The van der Waals surface area contributed by atoms with Crippen LogP contribution >= 0.6 is 0 Å². The van der Waals surface area contributed by atoms with E-state index in [0.717, 1.165) is 16.6 Å². The van der Waals surface area contributed by atoms with Gasteiger partial charge in [0.2, 0.25) is 0 Å². The molecular weight excluding hydrogens is 660 g/mol. The summed E-state index contributed by atoms with van der Waals surface area (Å²) in [7, 11) is 0. The predicted molar refractivity (Wildman–Crippen MR) is 191 cm³/mol. The van der Waals surface area contributed by atoms with Crippen molar-refractivity contribution >= 4 is 28.6 Å². The highest BCUT2D eigenvalue weighted by Crippen LogP contribution is 2.23. The van der Waals surface area contributed by atoms with E-state index in [4.69, 9.17) is 4.74 Å². The summed E-state index contributed by atoms with van der Waals surface area (Å²) in [6.07, 6.45) is 5.22. The van der Waals surface area contributed by atoms with E-state index in [1.807, 2.05) is 89.8 Å². The van der Waals surface area contributed by atoms with Gasteiger partial charge in [-0.15, -0.1) is 10.2 Å². The first kappa shape index (κ1) is 33.6. The number of ether oxygens (including phenoxy) is 1. The van der Waals surface area contributed by atoms with Crippen LogP contribution in [0.5, 0.6) is 5.75 Å². The number of nitrogens with zero attached hydrogens (tertiary/aromatic N) is 7. The molecule has 1 atom stereocenters. The van der Waals surface area contributed by atoms with E-state index in [9.17, 15) is 19.5 Å². The minimum atomic E-state index is -1.34. The van der Waals surface area contributed by atoms with Crippen LogP contribution in [0.2, 0.25) is 0 Å². The molecule has 3 aromatic heterocycles. The van der Waals surface area contributed by atoms with E-state index in [1.165, 1.54) is 0 Å². The minimum Gasteiger partial charge on any atom is -0.487 e. The number of benzene rings is 4. The highest BCUT2D eigenvalue weighted by atomic mass is 16.5. The second-order valence-electron chi connectivity index (χ2n) is 12.3. The quantitative estimate of drug-likeness (QED) is 0.116. The van der Waals surface area contributed by atoms with Crippen molar-refractivity contribution in [1.29, 1.82) is 0 Å². The lowest BCUT2D eigenvalue weighted by atomic mass is 10.0. The number of fused-ring (bicyclic) bond motifs is 1. The third-order valence-electron chi connectivity index (χ3n) is 8.47. The number of aliphatic carboxylic acids is 1. The van der Waals surface area contributed by atoms with Crippen LogP contribution in [0.25, 0.3) is 10.9 Å². The molecule has 1 amide bonds. The van der Waals surface area contributed by atoms with E-state index >= 15 is 0 Å². The molecule has 0 saturated heterocycles. The lowest BCUT2D eigenvalue weighted by molar-refractivity contribution is -0.141. The van der Waals surface area contributed by atoms with Gasteiger partial charge >= 0.3 is 5.97 Å². The summed E-state index contributed by atoms with van der Waals surface area (Å²) in [5.41, 5.74) is 5.06. The molecule has 0 aliphatic heterocycles. The van der Waals surface area contributed by atoms with Crippen LogP contribution in [-0.2, 0) is 42.3 Å². The van der Waals surface area contributed by atoms with Crippen molar-refractivity contribution in [3.05, 3.63) is 161 Å². The van der Waals surface area contributed by atoms with Crippen LogP contribution in [0.15, 0.2) is 128 Å². The number of rotatable bonds is 15. The molecule has 260 valence electrons. The zero-order chi connectivity index (χ0) is 35.9. The Morgan fingerprint density at radius 2 is 1.27 bits per heavy atom. The Morgan fingerprint density at radius 3 is 1.92 bits per heavy atom. The average molecular weight is 695 g/mol. The molecule has 0 radical (unpaired) electrons. The molecular formula is C39H34N8O5. The van der Waals surface area contributed by atoms with Gasteiger partial charge in [-0.3, -0.25) is 9.59 Å². The van der Waals surface area contributed by atoms with Gasteiger partial charge in [0.15, 0.2) is 0 Å². The maximum Gasteiger partial charge on any atom is 0.326 e. The van der Waals surface area contributed by atoms with Crippen molar-refractivity contribution in [2.75, 3.05) is 0 Å². The Hall–Kier alpha value is -6.89. The number of Topliss-reactive ketones (excluding diaryl/α,β-unsaturated/α-hetero) is 1. The van der Waals surface area contributed by atoms with E-state index in [1.54, 1.807) is 52.0 Å². The normalized spacial score (nSPS) is 11.7. The first-order chi connectivity index (χ1) is 25.4. The van der Waals surface area contributed by atoms with Crippen LogP contribution in [0.3, 0.4) is 0 Å². The summed E-state index contributed by atoms with van der Waals surface area (Å²) in [5.74, 6) is -2.55. The number of nitrogens with one attached hydrogen (secondary N) is 1. The number of hydrogen-bond acceptors (Lipinski definition) is 8. The number of carboxylic acids is 1. The largest absolute Gasteiger partial charge is 0.487 e. The molecule has 0 aliphatic rings. The third kappa shape index (κ3) is 8.11. The van der Waals surface area contributed by atoms with Crippen LogP contribution in [-0.4, -0.2) is 63.4 Å². The van der Waals surface area contributed by atoms with Gasteiger partial charge < -0.3 is 19.7 Å². The number of carbonyl (C=O) groups is 3. The average Bonchev–Trinajstić information content (AvgIpc) is 3.91. The Balaban J connectivity index is 0.965. The van der Waals surface area contributed by atoms with Gasteiger partial charge in [0.05, 0.1) is 37.6 Å². The van der Waals surface area contributed by atoms with Crippen molar-refractivity contribution in [1.82, 2.24) is 39.9 Å². The molecule has 52 heavy (non-hydrogen) atoms. The maximum absolute atomic E-state index is 13.5. The number of aromatic nitrogens is 7. The fourth-order valence-electron chi connectivity index (χ4n) is 5.91. The standard InChI is InChI=1S/C39H34N8O5/c48-37(34-25-45(36-14-8-7-13-33(34)36)22-30-23-46(43-41-30)20-28-9-3-1-4-10-28)38(49)40-35(39(50)51)19-27-15-17-32(18-16-27)52-26-31-24-47(44-42-31)21-29-11-5-2-6-12-29/h1-18,23-25,35H,19-22,26H2,(H,40,49)(H,50,51)/t35-/m0/s1. The molecule has 0 spiro atoms. The van der Waals surface area contributed by atoms with Crippen LogP contribution < -0.4 is 10.1 Å². The SMILES string of the molecule is O=C(N[C@@H](Cc1ccc(OCc2cn(Cc3ccccc3)nn2)cc1)C(=O)O)C(=O)c1cn(Cc2cn(Cc3ccccc3)nn2)c2ccccc12. The zero-order valence-electron chi connectivity index (χ0n) is 27.9. The molecule has 3 heterocycles. The fraction of sp³-hybridized carbons (Fsp3) is 0.154. The number of ketones is 1. The zero-order valence-corrected chi connectivity index (χ0v) is 27.9. The smallest absolute Gasteiger partial charge is 0.326 e. The van der Waals surface area contributed by atoms with Gasteiger partial charge in [-0.1, -0.05) is 101 Å². The molecule has 0 aliphatic carbocycles. The molecule has 4 aromatic carbocycles. The monoisotopic (exact) mass is 694 g/mol. The Kier molecular flexibility index (Phi) is 9.91. The van der Waals surface area contributed by atoms with E-state index in [-0.39, 0.29) is 18.6 Å². The third-order valence-corrected chi connectivity index (χ3v) is 8.47. The molecule has 0 bridgehead atoms. The highest BCUT2D eigenvalue weighted by Gasteiger charge is 2.27. The van der Waals surface area contributed by atoms with Crippen LogP contribution in [0.1, 0.15) is 38.4 Å². The van der Waals surface area contributed by atoms with Gasteiger partial charge in [0.25, 0.3) is 11.7 Å². The van der Waals surface area contributed by atoms with Crippen molar-refractivity contribution in [2.24, 2.45) is 0 Å². The maximum atomic E-state index is 13.5. The Labute approximate surface area is 298 Å². The number of carbonyl (C=O) groups excluding carboxylic acids is 2. The number of carboxylic acid groups (broad SMARTS) is 1.